The number of rotatable bonds is 7. The van der Waals surface area contributed by atoms with Crippen LogP contribution in [-0.2, 0) is 11.2 Å². The maximum Gasteiger partial charge on any atom is 0.319 e. The summed E-state index contributed by atoms with van der Waals surface area (Å²) < 4.78 is 1.01. The van der Waals surface area contributed by atoms with Crippen LogP contribution in [0.15, 0.2) is 59.1 Å². The zero-order chi connectivity index (χ0) is 24.1. The Morgan fingerprint density at radius 2 is 1.94 bits per heavy atom. The molecular weight excluding hydrogens is 494 g/mol. The van der Waals surface area contributed by atoms with Crippen molar-refractivity contribution in [2.45, 2.75) is 25.8 Å². The van der Waals surface area contributed by atoms with E-state index in [1.54, 1.807) is 0 Å². The topological polar surface area (TPSA) is 77.6 Å². The number of urea groups is 1. The van der Waals surface area contributed by atoms with Gasteiger partial charge in [0.2, 0.25) is 5.91 Å². The van der Waals surface area contributed by atoms with Gasteiger partial charge in [0.05, 0.1) is 17.6 Å². The van der Waals surface area contributed by atoms with E-state index in [1.807, 2.05) is 73.5 Å². The van der Waals surface area contributed by atoms with E-state index in [4.69, 9.17) is 0 Å². The summed E-state index contributed by atoms with van der Waals surface area (Å²) in [6.07, 6.45) is 1.35. The molecule has 1 aliphatic rings. The quantitative estimate of drug-likeness (QED) is 0.486. The highest BCUT2D eigenvalue weighted by molar-refractivity contribution is 9.10. The van der Waals surface area contributed by atoms with Gasteiger partial charge in [-0.2, -0.15) is 0 Å². The molecule has 3 amide bonds. The summed E-state index contributed by atoms with van der Waals surface area (Å²) in [6.45, 7) is 4.93. The molecular formula is C26H30BrN5O2. The fourth-order valence-electron chi connectivity index (χ4n) is 4.34. The zero-order valence-electron chi connectivity index (χ0n) is 19.6. The van der Waals surface area contributed by atoms with Gasteiger partial charge in [0.25, 0.3) is 0 Å². The van der Waals surface area contributed by atoms with Crippen LogP contribution in [0.4, 0.5) is 10.5 Å². The molecule has 1 aliphatic heterocycles. The third-order valence-electron chi connectivity index (χ3n) is 6.26. The van der Waals surface area contributed by atoms with Crippen LogP contribution in [0, 0.1) is 6.92 Å². The Morgan fingerprint density at radius 1 is 1.18 bits per heavy atom. The number of hydrogen-bond donors (Lipinski definition) is 2. The molecule has 2 aromatic carbocycles. The molecule has 34 heavy (non-hydrogen) atoms. The molecule has 7 nitrogen and oxygen atoms in total. The molecule has 178 valence electrons. The number of fused-ring (bicyclic) bond motifs is 1. The second kappa shape index (κ2) is 11.0. The predicted octanol–water partition coefficient (Wildman–Crippen LogP) is 4.20. The van der Waals surface area contributed by atoms with E-state index in [9.17, 15) is 9.59 Å². The average molecular weight is 524 g/mol. The molecule has 0 radical (unpaired) electrons. The second-order valence-electron chi connectivity index (χ2n) is 8.76. The SMILES string of the molecule is Cc1cc(NC(=O)NCCN2CCC(N(C)C(=O)Cc3ccc(Br)cc3)C2)c2ccccc2n1. The molecule has 0 saturated carbocycles. The van der Waals surface area contributed by atoms with Crippen molar-refractivity contribution in [1.82, 2.24) is 20.1 Å². The van der Waals surface area contributed by atoms with Crippen LogP contribution >= 0.6 is 15.9 Å². The molecule has 0 aliphatic carbocycles. The number of para-hydroxylation sites is 1. The van der Waals surface area contributed by atoms with Crippen LogP contribution in [0.3, 0.4) is 0 Å². The number of aryl methyl sites for hydroxylation is 1. The highest BCUT2D eigenvalue weighted by Crippen LogP contribution is 2.23. The molecule has 1 atom stereocenters. The van der Waals surface area contributed by atoms with Crippen LogP contribution < -0.4 is 10.6 Å². The number of carbonyl (C=O) groups excluding carboxylic acids is 2. The fourth-order valence-corrected chi connectivity index (χ4v) is 4.61. The number of nitrogens with zero attached hydrogens (tertiary/aromatic N) is 3. The van der Waals surface area contributed by atoms with E-state index in [0.717, 1.165) is 58.4 Å². The van der Waals surface area contributed by atoms with E-state index in [1.165, 1.54) is 0 Å². The number of nitrogens with one attached hydrogen (secondary N) is 2. The normalized spacial score (nSPS) is 15.9. The third kappa shape index (κ3) is 6.12. The third-order valence-corrected chi connectivity index (χ3v) is 6.79. The number of amides is 3. The molecule has 2 heterocycles. The average Bonchev–Trinajstić information content (AvgIpc) is 3.28. The minimum Gasteiger partial charge on any atom is -0.341 e. The number of anilines is 1. The van der Waals surface area contributed by atoms with Crippen LogP contribution in [0.5, 0.6) is 0 Å². The van der Waals surface area contributed by atoms with Crippen LogP contribution in [0.25, 0.3) is 10.9 Å². The number of carbonyl (C=O) groups is 2. The largest absolute Gasteiger partial charge is 0.341 e. The van der Waals surface area contributed by atoms with Gasteiger partial charge in [-0.15, -0.1) is 0 Å². The summed E-state index contributed by atoms with van der Waals surface area (Å²) in [6, 6.07) is 17.5. The lowest BCUT2D eigenvalue weighted by atomic mass is 10.1. The predicted molar refractivity (Wildman–Crippen MR) is 139 cm³/mol. The molecule has 1 aromatic heterocycles. The van der Waals surface area contributed by atoms with Gasteiger partial charge in [0, 0.05) is 54.8 Å². The number of halogens is 1. The maximum absolute atomic E-state index is 12.7. The van der Waals surface area contributed by atoms with Crippen molar-refractivity contribution in [2.24, 2.45) is 0 Å². The van der Waals surface area contributed by atoms with Gasteiger partial charge in [-0.25, -0.2) is 4.79 Å². The Balaban J connectivity index is 1.22. The lowest BCUT2D eigenvalue weighted by Crippen LogP contribution is -2.41. The van der Waals surface area contributed by atoms with E-state index in [-0.39, 0.29) is 18.0 Å². The van der Waals surface area contributed by atoms with Crippen molar-refractivity contribution in [3.8, 4) is 0 Å². The Hall–Kier alpha value is -2.97. The van der Waals surface area contributed by atoms with Gasteiger partial charge in [-0.3, -0.25) is 14.7 Å². The summed E-state index contributed by atoms with van der Waals surface area (Å²) in [4.78, 5) is 33.9. The number of benzene rings is 2. The van der Waals surface area contributed by atoms with Crippen molar-refractivity contribution < 1.29 is 9.59 Å². The first-order valence-corrected chi connectivity index (χ1v) is 12.3. The van der Waals surface area contributed by atoms with Crippen LogP contribution in [-0.4, -0.2) is 66.0 Å². The smallest absolute Gasteiger partial charge is 0.319 e. The fraction of sp³-hybridized carbons (Fsp3) is 0.346. The minimum atomic E-state index is -0.228. The first kappa shape index (κ1) is 24.2. The van der Waals surface area contributed by atoms with Crippen molar-refractivity contribution in [1.29, 1.82) is 0 Å². The lowest BCUT2D eigenvalue weighted by Gasteiger charge is -2.25. The Bertz CT molecular complexity index is 1170. The zero-order valence-corrected chi connectivity index (χ0v) is 21.1. The highest BCUT2D eigenvalue weighted by Gasteiger charge is 2.28. The Kier molecular flexibility index (Phi) is 7.80. The van der Waals surface area contributed by atoms with E-state index >= 15 is 0 Å². The number of hydrogen-bond acceptors (Lipinski definition) is 4. The van der Waals surface area contributed by atoms with Crippen molar-refractivity contribution in [2.75, 3.05) is 38.5 Å². The molecule has 0 bridgehead atoms. The number of likely N-dealkylation sites (tertiary alicyclic amines) is 1. The molecule has 3 aromatic rings. The highest BCUT2D eigenvalue weighted by atomic mass is 79.9. The summed E-state index contributed by atoms with van der Waals surface area (Å²) in [7, 11) is 1.89. The van der Waals surface area contributed by atoms with Crippen molar-refractivity contribution in [3.05, 3.63) is 70.3 Å². The van der Waals surface area contributed by atoms with Gasteiger partial charge in [-0.05, 0) is 43.2 Å². The standard InChI is InChI=1S/C26H30BrN5O2/c1-18-15-24(22-5-3-4-6-23(22)29-18)30-26(34)28-12-14-32-13-11-21(17-32)31(2)25(33)16-19-7-9-20(27)10-8-19/h3-10,15,21H,11-14,16-17H2,1-2H3,(H2,28,29,30,34). The Morgan fingerprint density at radius 3 is 2.74 bits per heavy atom. The van der Waals surface area contributed by atoms with Crippen molar-refractivity contribution in [3.63, 3.8) is 0 Å². The second-order valence-corrected chi connectivity index (χ2v) is 9.68. The van der Waals surface area contributed by atoms with Crippen molar-refractivity contribution >= 4 is 44.5 Å². The summed E-state index contributed by atoms with van der Waals surface area (Å²) in [5.41, 5.74) is 3.49. The van der Waals surface area contributed by atoms with Gasteiger partial charge >= 0.3 is 6.03 Å². The first-order chi connectivity index (χ1) is 16.4. The van der Waals surface area contributed by atoms with Gasteiger partial charge in [0.1, 0.15) is 0 Å². The molecule has 4 rings (SSSR count). The van der Waals surface area contributed by atoms with Crippen LogP contribution in [0.1, 0.15) is 17.7 Å². The van der Waals surface area contributed by atoms with E-state index in [0.29, 0.717) is 13.0 Å². The molecule has 8 heteroatoms. The van der Waals surface area contributed by atoms with Crippen LogP contribution in [0.2, 0.25) is 0 Å². The van der Waals surface area contributed by atoms with Gasteiger partial charge in [-0.1, -0.05) is 46.3 Å². The molecule has 1 saturated heterocycles. The molecule has 2 N–H and O–H groups in total. The van der Waals surface area contributed by atoms with E-state index < -0.39 is 0 Å². The monoisotopic (exact) mass is 523 g/mol. The lowest BCUT2D eigenvalue weighted by molar-refractivity contribution is -0.131. The first-order valence-electron chi connectivity index (χ1n) is 11.5. The molecule has 0 spiro atoms. The summed E-state index contributed by atoms with van der Waals surface area (Å²) in [5.74, 6) is 0.131. The number of pyridine rings is 1. The molecule has 1 unspecified atom stereocenters. The summed E-state index contributed by atoms with van der Waals surface area (Å²) in [5, 5.41) is 6.82. The van der Waals surface area contributed by atoms with Gasteiger partial charge in [0.15, 0.2) is 0 Å². The Labute approximate surface area is 208 Å². The van der Waals surface area contributed by atoms with E-state index in [2.05, 4.69) is 36.4 Å². The molecule has 1 fully saturated rings. The van der Waals surface area contributed by atoms with Gasteiger partial charge < -0.3 is 15.5 Å². The summed E-state index contributed by atoms with van der Waals surface area (Å²) >= 11 is 3.43. The minimum absolute atomic E-state index is 0.131. The number of likely N-dealkylation sites (N-methyl/N-ethyl adjacent to an activating group) is 1. The number of aromatic nitrogens is 1. The maximum atomic E-state index is 12.7.